The van der Waals surface area contributed by atoms with E-state index in [1.165, 1.54) is 5.56 Å². The number of pyridine rings is 1. The molecule has 0 aliphatic carbocycles. The van der Waals surface area contributed by atoms with Crippen LogP contribution < -0.4 is 0 Å². The van der Waals surface area contributed by atoms with Crippen molar-refractivity contribution in [1.29, 1.82) is 0 Å². The number of benzene rings is 2. The number of rotatable bonds is 4. The number of fused-ring (bicyclic) bond motifs is 1. The Morgan fingerprint density at radius 3 is 2.50 bits per heavy atom. The van der Waals surface area contributed by atoms with Crippen molar-refractivity contribution in [3.8, 4) is 5.75 Å². The van der Waals surface area contributed by atoms with Crippen molar-refractivity contribution in [2.75, 3.05) is 0 Å². The number of hydrogen-bond acceptors (Lipinski definition) is 3. The van der Waals surface area contributed by atoms with E-state index in [0.29, 0.717) is 12.3 Å². The van der Waals surface area contributed by atoms with E-state index in [-0.39, 0.29) is 0 Å². The Balaban J connectivity index is 1.80. The van der Waals surface area contributed by atoms with E-state index in [9.17, 15) is 5.11 Å². The largest absolute Gasteiger partial charge is 0.508 e. The Morgan fingerprint density at radius 1 is 0.875 bits per heavy atom. The molecular formula is C20H17N3O. The molecule has 1 N–H and O–H groups in total. The molecule has 0 radical (unpaired) electrons. The first-order chi connectivity index (χ1) is 11.8. The molecule has 0 unspecified atom stereocenters. The van der Waals surface area contributed by atoms with Gasteiger partial charge in [-0.05, 0) is 23.8 Å². The predicted octanol–water partition coefficient (Wildman–Crippen LogP) is 3.78. The molecule has 4 aromatic rings. The molecule has 0 saturated carbocycles. The number of hydrogen-bond donors (Lipinski definition) is 1. The molecule has 0 bridgehead atoms. The van der Waals surface area contributed by atoms with Gasteiger partial charge in [0.2, 0.25) is 0 Å². The molecule has 0 aliphatic heterocycles. The second-order valence-corrected chi connectivity index (χ2v) is 5.75. The second-order valence-electron chi connectivity index (χ2n) is 5.75. The number of para-hydroxylation sites is 1. The lowest BCUT2D eigenvalue weighted by molar-refractivity contribution is 0.466. The smallest absolute Gasteiger partial charge is 0.160 e. The minimum Gasteiger partial charge on any atom is -0.508 e. The molecule has 0 atom stereocenters. The number of phenols is 1. The normalized spacial score (nSPS) is 11.0. The third kappa shape index (κ3) is 2.74. The van der Waals surface area contributed by atoms with Crippen molar-refractivity contribution >= 4 is 11.2 Å². The maximum Gasteiger partial charge on any atom is 0.160 e. The molecule has 2 aromatic carbocycles. The van der Waals surface area contributed by atoms with Crippen LogP contribution in [0.2, 0.25) is 0 Å². The highest BCUT2D eigenvalue weighted by Gasteiger charge is 2.13. The summed E-state index contributed by atoms with van der Waals surface area (Å²) in [4.78, 5) is 9.24. The zero-order valence-electron chi connectivity index (χ0n) is 13.1. The van der Waals surface area contributed by atoms with Crippen molar-refractivity contribution in [3.63, 3.8) is 0 Å². The molecule has 118 valence electrons. The van der Waals surface area contributed by atoms with Crippen LogP contribution in [0.4, 0.5) is 0 Å². The van der Waals surface area contributed by atoms with E-state index < -0.39 is 0 Å². The van der Waals surface area contributed by atoms with Crippen LogP contribution in [-0.2, 0) is 13.0 Å². The van der Waals surface area contributed by atoms with Gasteiger partial charge in [0.1, 0.15) is 17.1 Å². The highest BCUT2D eigenvalue weighted by atomic mass is 16.3. The lowest BCUT2D eigenvalue weighted by atomic mass is 10.1. The predicted molar refractivity (Wildman–Crippen MR) is 94.0 cm³/mol. The summed E-state index contributed by atoms with van der Waals surface area (Å²) in [5.74, 6) is 1.24. The summed E-state index contributed by atoms with van der Waals surface area (Å²) in [6, 6.07) is 21.5. The SMILES string of the molecule is Oc1ccccc1Cn1c(Cc2ccccc2)nc2cccnc21. The Labute approximate surface area is 140 Å². The van der Waals surface area contributed by atoms with Gasteiger partial charge in [0.25, 0.3) is 0 Å². The monoisotopic (exact) mass is 315 g/mol. The van der Waals surface area contributed by atoms with E-state index >= 15 is 0 Å². The number of aromatic hydroxyl groups is 1. The molecular weight excluding hydrogens is 298 g/mol. The number of aromatic nitrogens is 3. The van der Waals surface area contributed by atoms with Crippen LogP contribution in [0, 0.1) is 0 Å². The van der Waals surface area contributed by atoms with Gasteiger partial charge in [0.15, 0.2) is 5.65 Å². The Morgan fingerprint density at radius 2 is 1.67 bits per heavy atom. The van der Waals surface area contributed by atoms with E-state index in [2.05, 4.69) is 21.7 Å². The minimum absolute atomic E-state index is 0.293. The number of nitrogens with zero attached hydrogens (tertiary/aromatic N) is 3. The molecule has 0 saturated heterocycles. The van der Waals surface area contributed by atoms with Gasteiger partial charge >= 0.3 is 0 Å². The number of phenolic OH excluding ortho intramolecular Hbond substituents is 1. The summed E-state index contributed by atoms with van der Waals surface area (Å²) >= 11 is 0. The molecule has 2 aromatic heterocycles. The summed E-state index contributed by atoms with van der Waals surface area (Å²) < 4.78 is 2.08. The minimum atomic E-state index is 0.293. The molecule has 4 rings (SSSR count). The van der Waals surface area contributed by atoms with Crippen LogP contribution in [-0.4, -0.2) is 19.6 Å². The first kappa shape index (κ1) is 14.5. The van der Waals surface area contributed by atoms with Gasteiger partial charge < -0.3 is 9.67 Å². The molecule has 0 fully saturated rings. The summed E-state index contributed by atoms with van der Waals surface area (Å²) in [5, 5.41) is 10.1. The van der Waals surface area contributed by atoms with Crippen LogP contribution in [0.25, 0.3) is 11.2 Å². The zero-order chi connectivity index (χ0) is 16.4. The van der Waals surface area contributed by atoms with Crippen molar-refractivity contribution in [2.24, 2.45) is 0 Å². The molecule has 2 heterocycles. The van der Waals surface area contributed by atoms with Gasteiger partial charge in [-0.15, -0.1) is 0 Å². The summed E-state index contributed by atoms with van der Waals surface area (Å²) in [6.45, 7) is 0.544. The third-order valence-electron chi connectivity index (χ3n) is 4.11. The van der Waals surface area contributed by atoms with Crippen LogP contribution >= 0.6 is 0 Å². The number of imidazole rings is 1. The highest BCUT2D eigenvalue weighted by Crippen LogP contribution is 2.22. The molecule has 0 aliphatic rings. The van der Waals surface area contributed by atoms with Crippen molar-refractivity contribution in [3.05, 3.63) is 89.9 Å². The van der Waals surface area contributed by atoms with Gasteiger partial charge in [-0.3, -0.25) is 0 Å². The van der Waals surface area contributed by atoms with Crippen LogP contribution in [0.15, 0.2) is 72.9 Å². The molecule has 0 amide bonds. The summed E-state index contributed by atoms with van der Waals surface area (Å²) in [7, 11) is 0. The molecule has 4 heteroatoms. The van der Waals surface area contributed by atoms with Crippen LogP contribution in [0.5, 0.6) is 5.75 Å². The van der Waals surface area contributed by atoms with E-state index in [1.807, 2.05) is 48.5 Å². The third-order valence-corrected chi connectivity index (χ3v) is 4.11. The maximum absolute atomic E-state index is 10.1. The van der Waals surface area contributed by atoms with Gasteiger partial charge in [-0.25, -0.2) is 9.97 Å². The maximum atomic E-state index is 10.1. The Kier molecular flexibility index (Phi) is 3.71. The Hall–Kier alpha value is -3.14. The van der Waals surface area contributed by atoms with Crippen molar-refractivity contribution < 1.29 is 5.11 Å². The van der Waals surface area contributed by atoms with E-state index in [0.717, 1.165) is 29.0 Å². The van der Waals surface area contributed by atoms with Gasteiger partial charge in [0, 0.05) is 18.2 Å². The van der Waals surface area contributed by atoms with Gasteiger partial charge in [-0.1, -0.05) is 48.5 Å². The average molecular weight is 315 g/mol. The summed E-state index contributed by atoms with van der Waals surface area (Å²) in [6.07, 6.45) is 2.50. The lowest BCUT2D eigenvalue weighted by Gasteiger charge is -2.10. The fourth-order valence-corrected chi connectivity index (χ4v) is 2.90. The van der Waals surface area contributed by atoms with Crippen molar-refractivity contribution in [2.45, 2.75) is 13.0 Å². The fraction of sp³-hybridized carbons (Fsp3) is 0.100. The van der Waals surface area contributed by atoms with Gasteiger partial charge in [-0.2, -0.15) is 0 Å². The molecule has 0 spiro atoms. The van der Waals surface area contributed by atoms with Gasteiger partial charge in [0.05, 0.1) is 6.54 Å². The van der Waals surface area contributed by atoms with Crippen LogP contribution in [0.1, 0.15) is 17.0 Å². The quantitative estimate of drug-likeness (QED) is 0.623. The first-order valence-corrected chi connectivity index (χ1v) is 7.92. The standard InChI is InChI=1S/C20H17N3O/c24-18-11-5-4-9-16(18)14-23-19(13-15-7-2-1-3-8-15)22-17-10-6-12-21-20(17)23/h1-12,24H,13-14H2. The summed E-state index contributed by atoms with van der Waals surface area (Å²) in [5.41, 5.74) is 3.77. The van der Waals surface area contributed by atoms with E-state index in [4.69, 9.17) is 4.98 Å². The van der Waals surface area contributed by atoms with E-state index in [1.54, 1.807) is 12.3 Å². The lowest BCUT2D eigenvalue weighted by Crippen LogP contribution is -2.07. The molecule has 24 heavy (non-hydrogen) atoms. The topological polar surface area (TPSA) is 50.9 Å². The highest BCUT2D eigenvalue weighted by molar-refractivity contribution is 5.71. The molecule has 4 nitrogen and oxygen atoms in total. The van der Waals surface area contributed by atoms with Crippen molar-refractivity contribution in [1.82, 2.24) is 14.5 Å². The zero-order valence-corrected chi connectivity index (χ0v) is 13.1. The second kappa shape index (κ2) is 6.16. The Bertz CT molecular complexity index is 977. The first-order valence-electron chi connectivity index (χ1n) is 7.92. The fourth-order valence-electron chi connectivity index (χ4n) is 2.90. The average Bonchev–Trinajstić information content (AvgIpc) is 2.95. The van der Waals surface area contributed by atoms with Crippen LogP contribution in [0.3, 0.4) is 0 Å².